The van der Waals surface area contributed by atoms with Gasteiger partial charge in [0.1, 0.15) is 0 Å². The molecule has 1 saturated carbocycles. The lowest BCUT2D eigenvalue weighted by atomic mass is 10.1. The van der Waals surface area contributed by atoms with Crippen molar-refractivity contribution >= 4 is 11.7 Å². The second-order valence-electron chi connectivity index (χ2n) is 5.31. The minimum Gasteiger partial charge on any atom is -0.368 e. The van der Waals surface area contributed by atoms with Crippen molar-refractivity contribution in [3.8, 4) is 0 Å². The second-order valence-corrected chi connectivity index (χ2v) is 5.31. The molecule has 1 atom stereocenters. The first kappa shape index (κ1) is 14.8. The summed E-state index contributed by atoms with van der Waals surface area (Å²) in [5, 5.41) is 5.74. The Kier molecular flexibility index (Phi) is 4.93. The van der Waals surface area contributed by atoms with Crippen LogP contribution in [-0.2, 0) is 0 Å². The fourth-order valence-corrected chi connectivity index (χ4v) is 2.26. The summed E-state index contributed by atoms with van der Waals surface area (Å²) in [6.45, 7) is 4.46. The van der Waals surface area contributed by atoms with Crippen LogP contribution >= 0.6 is 0 Å². The molecule has 1 fully saturated rings. The summed E-state index contributed by atoms with van der Waals surface area (Å²) in [5.41, 5.74) is 0.0604. The van der Waals surface area contributed by atoms with Gasteiger partial charge in [-0.25, -0.2) is 9.37 Å². The van der Waals surface area contributed by atoms with Gasteiger partial charge in [-0.2, -0.15) is 0 Å². The van der Waals surface area contributed by atoms with Gasteiger partial charge in [-0.1, -0.05) is 19.8 Å². The van der Waals surface area contributed by atoms with Gasteiger partial charge in [-0.15, -0.1) is 0 Å². The minimum absolute atomic E-state index is 0.0604. The van der Waals surface area contributed by atoms with E-state index in [1.165, 1.54) is 25.1 Å². The summed E-state index contributed by atoms with van der Waals surface area (Å²) in [7, 11) is 0. The Bertz CT molecular complexity index is 474. The van der Waals surface area contributed by atoms with Gasteiger partial charge in [-0.3, -0.25) is 4.79 Å². The van der Waals surface area contributed by atoms with Gasteiger partial charge in [0.15, 0.2) is 11.6 Å². The van der Waals surface area contributed by atoms with Crippen molar-refractivity contribution in [1.29, 1.82) is 0 Å². The number of amides is 1. The Hall–Kier alpha value is -1.65. The molecular weight excluding hydrogens is 257 g/mol. The maximum atomic E-state index is 14.2. The highest BCUT2D eigenvalue weighted by atomic mass is 19.1. The fraction of sp³-hybridized carbons (Fsp3) is 0.600. The zero-order chi connectivity index (χ0) is 14.5. The van der Waals surface area contributed by atoms with Crippen LogP contribution in [0.1, 0.15) is 49.9 Å². The van der Waals surface area contributed by atoms with Crippen LogP contribution in [0.5, 0.6) is 0 Å². The molecule has 110 valence electrons. The SMILES string of the molecule is CCNc1nccc(C(=O)NC(CC)CC2CC2)c1F. The predicted molar refractivity (Wildman–Crippen MR) is 77.2 cm³/mol. The summed E-state index contributed by atoms with van der Waals surface area (Å²) in [5.74, 6) is -0.0556. The van der Waals surface area contributed by atoms with Crippen molar-refractivity contribution in [1.82, 2.24) is 10.3 Å². The van der Waals surface area contributed by atoms with E-state index in [4.69, 9.17) is 0 Å². The molecule has 0 saturated heterocycles. The van der Waals surface area contributed by atoms with E-state index in [0.717, 1.165) is 18.8 Å². The van der Waals surface area contributed by atoms with Gasteiger partial charge in [0, 0.05) is 18.8 Å². The number of hydrogen-bond acceptors (Lipinski definition) is 3. The topological polar surface area (TPSA) is 54.0 Å². The normalized spacial score (nSPS) is 15.8. The van der Waals surface area contributed by atoms with Crippen LogP contribution in [0.4, 0.5) is 10.2 Å². The first-order valence-corrected chi connectivity index (χ1v) is 7.34. The molecule has 4 nitrogen and oxygen atoms in total. The van der Waals surface area contributed by atoms with Crippen molar-refractivity contribution in [3.05, 3.63) is 23.6 Å². The fourth-order valence-electron chi connectivity index (χ4n) is 2.26. The molecule has 0 bridgehead atoms. The number of hydrogen-bond donors (Lipinski definition) is 2. The number of nitrogens with zero attached hydrogens (tertiary/aromatic N) is 1. The Labute approximate surface area is 119 Å². The molecule has 1 heterocycles. The van der Waals surface area contributed by atoms with Gasteiger partial charge in [0.05, 0.1) is 5.56 Å². The van der Waals surface area contributed by atoms with Crippen LogP contribution in [0.2, 0.25) is 0 Å². The molecule has 5 heteroatoms. The largest absolute Gasteiger partial charge is 0.368 e. The Balaban J connectivity index is 2.05. The van der Waals surface area contributed by atoms with E-state index < -0.39 is 5.82 Å². The van der Waals surface area contributed by atoms with E-state index in [-0.39, 0.29) is 23.3 Å². The molecule has 1 aliphatic carbocycles. The third kappa shape index (κ3) is 3.68. The highest BCUT2D eigenvalue weighted by Crippen LogP contribution is 2.34. The van der Waals surface area contributed by atoms with Crippen LogP contribution in [0, 0.1) is 11.7 Å². The lowest BCUT2D eigenvalue weighted by Crippen LogP contribution is -2.35. The number of nitrogens with one attached hydrogen (secondary N) is 2. The number of anilines is 1. The molecule has 0 aromatic carbocycles. The van der Waals surface area contributed by atoms with Gasteiger partial charge in [0.2, 0.25) is 0 Å². The van der Waals surface area contributed by atoms with E-state index in [1.807, 2.05) is 13.8 Å². The molecule has 1 aromatic rings. The minimum atomic E-state index is -0.576. The number of pyridine rings is 1. The molecule has 20 heavy (non-hydrogen) atoms. The molecule has 0 radical (unpaired) electrons. The number of aromatic nitrogens is 1. The Morgan fingerprint density at radius 3 is 2.85 bits per heavy atom. The summed E-state index contributed by atoms with van der Waals surface area (Å²) in [4.78, 5) is 16.1. The van der Waals surface area contributed by atoms with Crippen molar-refractivity contribution < 1.29 is 9.18 Å². The molecule has 1 aromatic heterocycles. The third-order valence-electron chi connectivity index (χ3n) is 3.62. The molecule has 0 spiro atoms. The van der Waals surface area contributed by atoms with Gasteiger partial charge in [0.25, 0.3) is 5.91 Å². The van der Waals surface area contributed by atoms with E-state index in [2.05, 4.69) is 15.6 Å². The quantitative estimate of drug-likeness (QED) is 0.807. The standard InChI is InChI=1S/C15H22FN3O/c1-3-11(9-10-5-6-10)19-15(20)12-7-8-18-14(13(12)16)17-4-2/h7-8,10-11H,3-6,9H2,1-2H3,(H,17,18)(H,19,20). The summed E-state index contributed by atoms with van der Waals surface area (Å²) in [6, 6.07) is 1.56. The number of carbonyl (C=O) groups is 1. The lowest BCUT2D eigenvalue weighted by molar-refractivity contribution is 0.0928. The zero-order valence-electron chi connectivity index (χ0n) is 12.1. The van der Waals surface area contributed by atoms with Gasteiger partial charge >= 0.3 is 0 Å². The number of rotatable bonds is 7. The summed E-state index contributed by atoms with van der Waals surface area (Å²) in [6.07, 6.45) is 5.82. The second kappa shape index (κ2) is 6.68. The monoisotopic (exact) mass is 279 g/mol. The molecule has 1 amide bonds. The van der Waals surface area contributed by atoms with Gasteiger partial charge in [-0.05, 0) is 31.7 Å². The Morgan fingerprint density at radius 2 is 2.25 bits per heavy atom. The summed E-state index contributed by atoms with van der Waals surface area (Å²) < 4.78 is 14.2. The predicted octanol–water partition coefficient (Wildman–Crippen LogP) is 2.96. The smallest absolute Gasteiger partial charge is 0.254 e. The van der Waals surface area contributed by atoms with Crippen molar-refractivity contribution in [2.45, 2.75) is 45.6 Å². The number of carbonyl (C=O) groups excluding carboxylic acids is 1. The molecule has 0 aliphatic heterocycles. The average Bonchev–Trinajstić information content (AvgIpc) is 3.24. The molecular formula is C15H22FN3O. The first-order chi connectivity index (χ1) is 9.65. The van der Waals surface area contributed by atoms with Gasteiger partial charge < -0.3 is 10.6 Å². The van der Waals surface area contributed by atoms with Crippen molar-refractivity contribution in [2.24, 2.45) is 5.92 Å². The highest BCUT2D eigenvalue weighted by Gasteiger charge is 2.26. The Morgan fingerprint density at radius 1 is 1.50 bits per heavy atom. The lowest BCUT2D eigenvalue weighted by Gasteiger charge is -2.17. The molecule has 1 aliphatic rings. The average molecular weight is 279 g/mol. The third-order valence-corrected chi connectivity index (χ3v) is 3.62. The molecule has 1 unspecified atom stereocenters. The molecule has 2 N–H and O–H groups in total. The first-order valence-electron chi connectivity index (χ1n) is 7.34. The maximum absolute atomic E-state index is 14.2. The van der Waals surface area contributed by atoms with E-state index >= 15 is 0 Å². The summed E-state index contributed by atoms with van der Waals surface area (Å²) >= 11 is 0. The van der Waals surface area contributed by atoms with E-state index in [1.54, 1.807) is 0 Å². The van der Waals surface area contributed by atoms with Crippen molar-refractivity contribution in [2.75, 3.05) is 11.9 Å². The van der Waals surface area contributed by atoms with E-state index in [0.29, 0.717) is 6.54 Å². The van der Waals surface area contributed by atoms with E-state index in [9.17, 15) is 9.18 Å². The van der Waals surface area contributed by atoms with Crippen LogP contribution < -0.4 is 10.6 Å². The zero-order valence-corrected chi connectivity index (χ0v) is 12.1. The number of halogens is 1. The maximum Gasteiger partial charge on any atom is 0.254 e. The molecule has 2 rings (SSSR count). The van der Waals surface area contributed by atoms with Crippen LogP contribution in [-0.4, -0.2) is 23.5 Å². The van der Waals surface area contributed by atoms with Crippen LogP contribution in [0.15, 0.2) is 12.3 Å². The van der Waals surface area contributed by atoms with Crippen LogP contribution in [0.3, 0.4) is 0 Å². The van der Waals surface area contributed by atoms with Crippen molar-refractivity contribution in [3.63, 3.8) is 0 Å². The van der Waals surface area contributed by atoms with Crippen LogP contribution in [0.25, 0.3) is 0 Å². The highest BCUT2D eigenvalue weighted by molar-refractivity contribution is 5.95.